The van der Waals surface area contributed by atoms with Crippen LogP contribution in [0.1, 0.15) is 22.5 Å². The average Bonchev–Trinajstić information content (AvgIpc) is 2.81. The number of aromatic nitrogens is 2. The number of nitrogens with two attached hydrogens (primary N) is 1. The van der Waals surface area contributed by atoms with E-state index in [1.807, 2.05) is 12.1 Å². The first kappa shape index (κ1) is 16.9. The molecule has 2 N–H and O–H groups in total. The number of anilines is 2. The molecule has 2 aromatic heterocycles. The highest BCUT2D eigenvalue weighted by molar-refractivity contribution is 9.10. The van der Waals surface area contributed by atoms with Gasteiger partial charge in [0.05, 0.1) is 5.56 Å². The molecule has 6 nitrogen and oxygen atoms in total. The highest BCUT2D eigenvalue weighted by atomic mass is 79.9. The molecule has 24 heavy (non-hydrogen) atoms. The van der Waals surface area contributed by atoms with Gasteiger partial charge in [-0.3, -0.25) is 4.79 Å². The Kier molecular flexibility index (Phi) is 5.11. The first-order valence-corrected chi connectivity index (χ1v) is 8.70. The number of nitrogen functional groups attached to an aromatic ring is 1. The third-order valence-electron chi connectivity index (χ3n) is 4.14. The molecule has 7 heteroatoms. The van der Waals surface area contributed by atoms with Crippen molar-refractivity contribution in [2.45, 2.75) is 6.42 Å². The van der Waals surface area contributed by atoms with Crippen LogP contribution in [0, 0.1) is 0 Å². The molecule has 0 amide bonds. The number of hydrogen-bond acceptors (Lipinski definition) is 6. The fourth-order valence-corrected chi connectivity index (χ4v) is 3.10. The Morgan fingerprint density at radius 2 is 2.08 bits per heavy atom. The van der Waals surface area contributed by atoms with Crippen LogP contribution in [0.3, 0.4) is 0 Å². The lowest BCUT2D eigenvalue weighted by atomic mass is 10.1. The van der Waals surface area contributed by atoms with E-state index in [2.05, 4.69) is 42.7 Å². The molecule has 3 heterocycles. The molecule has 0 saturated carbocycles. The van der Waals surface area contributed by atoms with Gasteiger partial charge in [0.15, 0.2) is 0 Å². The zero-order valence-corrected chi connectivity index (χ0v) is 15.2. The Labute approximate surface area is 149 Å². The van der Waals surface area contributed by atoms with Crippen molar-refractivity contribution in [2.75, 3.05) is 43.9 Å². The van der Waals surface area contributed by atoms with E-state index in [9.17, 15) is 4.79 Å². The maximum Gasteiger partial charge on any atom is 0.215 e. The van der Waals surface area contributed by atoms with Crippen molar-refractivity contribution in [2.24, 2.45) is 0 Å². The molecule has 0 aliphatic carbocycles. The number of rotatable bonds is 3. The number of likely N-dealkylation sites (N-methyl/N-ethyl adjacent to an activating group) is 1. The molecule has 0 radical (unpaired) electrons. The fourth-order valence-electron chi connectivity index (χ4n) is 2.77. The van der Waals surface area contributed by atoms with E-state index < -0.39 is 0 Å². The van der Waals surface area contributed by atoms with Crippen LogP contribution in [0.5, 0.6) is 0 Å². The topological polar surface area (TPSA) is 75.3 Å². The lowest BCUT2D eigenvalue weighted by Gasteiger charge is -2.22. The lowest BCUT2D eigenvalue weighted by Crippen LogP contribution is -2.29. The molecule has 0 atom stereocenters. The van der Waals surface area contributed by atoms with Crippen LogP contribution in [0.15, 0.2) is 34.9 Å². The monoisotopic (exact) mass is 389 g/mol. The van der Waals surface area contributed by atoms with Gasteiger partial charge in [-0.2, -0.15) is 0 Å². The molecule has 1 aliphatic rings. The summed E-state index contributed by atoms with van der Waals surface area (Å²) in [5.74, 6) is 0.833. The van der Waals surface area contributed by atoms with E-state index in [0.29, 0.717) is 15.7 Å². The van der Waals surface area contributed by atoms with Crippen LogP contribution in [0.2, 0.25) is 0 Å². The molecule has 1 fully saturated rings. The Morgan fingerprint density at radius 3 is 2.92 bits per heavy atom. The lowest BCUT2D eigenvalue weighted by molar-refractivity contribution is 0.103. The highest BCUT2D eigenvalue weighted by Crippen LogP contribution is 2.20. The van der Waals surface area contributed by atoms with Crippen LogP contribution in [-0.4, -0.2) is 53.9 Å². The van der Waals surface area contributed by atoms with Crippen LogP contribution < -0.4 is 10.6 Å². The maximum absolute atomic E-state index is 12.7. The second kappa shape index (κ2) is 7.27. The van der Waals surface area contributed by atoms with Crippen molar-refractivity contribution in [3.8, 4) is 0 Å². The van der Waals surface area contributed by atoms with Crippen molar-refractivity contribution in [1.29, 1.82) is 0 Å². The van der Waals surface area contributed by atoms with Crippen LogP contribution in [0.25, 0.3) is 0 Å². The van der Waals surface area contributed by atoms with Gasteiger partial charge in [0.25, 0.3) is 0 Å². The van der Waals surface area contributed by atoms with Gasteiger partial charge in [0.2, 0.25) is 5.78 Å². The van der Waals surface area contributed by atoms with Gasteiger partial charge in [0.1, 0.15) is 17.3 Å². The Morgan fingerprint density at radius 1 is 1.25 bits per heavy atom. The normalized spacial score (nSPS) is 16.0. The van der Waals surface area contributed by atoms with Crippen molar-refractivity contribution in [3.63, 3.8) is 0 Å². The van der Waals surface area contributed by atoms with Gasteiger partial charge in [-0.25, -0.2) is 9.97 Å². The second-order valence-corrected chi connectivity index (χ2v) is 6.86. The van der Waals surface area contributed by atoms with Gasteiger partial charge in [0, 0.05) is 30.3 Å². The molecular weight excluding hydrogens is 370 g/mol. The maximum atomic E-state index is 12.7. The SMILES string of the molecule is CN1CCCN(c2cccc(C(=O)c3cc(Br)cnc3N)n2)CC1. The number of pyridine rings is 2. The Hall–Kier alpha value is -1.99. The van der Waals surface area contributed by atoms with Crippen LogP contribution in [0.4, 0.5) is 11.6 Å². The van der Waals surface area contributed by atoms with E-state index >= 15 is 0 Å². The first-order chi connectivity index (χ1) is 11.5. The fraction of sp³-hybridized carbons (Fsp3) is 0.353. The smallest absolute Gasteiger partial charge is 0.215 e. The third-order valence-corrected chi connectivity index (χ3v) is 4.57. The minimum Gasteiger partial charge on any atom is -0.383 e. The van der Waals surface area contributed by atoms with Gasteiger partial charge in [-0.05, 0) is 54.1 Å². The summed E-state index contributed by atoms with van der Waals surface area (Å²) in [6.45, 7) is 3.91. The molecule has 0 unspecified atom stereocenters. The molecule has 0 bridgehead atoms. The first-order valence-electron chi connectivity index (χ1n) is 7.91. The quantitative estimate of drug-likeness (QED) is 0.810. The molecule has 0 spiro atoms. The molecule has 1 saturated heterocycles. The van der Waals surface area contributed by atoms with E-state index in [1.165, 1.54) is 0 Å². The van der Waals surface area contributed by atoms with Crippen LogP contribution >= 0.6 is 15.9 Å². The second-order valence-electron chi connectivity index (χ2n) is 5.94. The van der Waals surface area contributed by atoms with Crippen molar-refractivity contribution < 1.29 is 4.79 Å². The van der Waals surface area contributed by atoms with E-state index in [0.717, 1.165) is 38.4 Å². The third kappa shape index (κ3) is 3.73. The standard InChI is InChI=1S/C17H20BrN5O/c1-22-6-3-7-23(9-8-22)15-5-2-4-14(21-15)16(24)13-10-12(18)11-20-17(13)19/h2,4-5,10-11H,3,6-9H2,1H3,(H2,19,20). The van der Waals surface area contributed by atoms with Crippen LogP contribution in [-0.2, 0) is 0 Å². The predicted molar refractivity (Wildman–Crippen MR) is 98.3 cm³/mol. The minimum atomic E-state index is -0.213. The van der Waals surface area contributed by atoms with E-state index in [1.54, 1.807) is 18.3 Å². The summed E-state index contributed by atoms with van der Waals surface area (Å²) in [5, 5.41) is 0. The molecule has 1 aliphatic heterocycles. The van der Waals surface area contributed by atoms with Crippen molar-refractivity contribution >= 4 is 33.3 Å². The Balaban J connectivity index is 1.87. The van der Waals surface area contributed by atoms with Crippen molar-refractivity contribution in [3.05, 3.63) is 46.2 Å². The predicted octanol–water partition coefficient (Wildman–Crippen LogP) is 2.19. The van der Waals surface area contributed by atoms with Gasteiger partial charge < -0.3 is 15.5 Å². The summed E-state index contributed by atoms with van der Waals surface area (Å²) in [4.78, 5) is 25.9. The van der Waals surface area contributed by atoms with Gasteiger partial charge in [-0.1, -0.05) is 6.07 Å². The average molecular weight is 390 g/mol. The van der Waals surface area contributed by atoms with Gasteiger partial charge >= 0.3 is 0 Å². The highest BCUT2D eigenvalue weighted by Gasteiger charge is 2.18. The molecule has 126 valence electrons. The number of carbonyl (C=O) groups is 1. The number of nitrogens with zero attached hydrogens (tertiary/aromatic N) is 4. The summed E-state index contributed by atoms with van der Waals surface area (Å²) in [6, 6.07) is 7.21. The zero-order chi connectivity index (χ0) is 17.1. The number of ketones is 1. The minimum absolute atomic E-state index is 0.213. The largest absolute Gasteiger partial charge is 0.383 e. The zero-order valence-electron chi connectivity index (χ0n) is 13.6. The van der Waals surface area contributed by atoms with Crippen molar-refractivity contribution in [1.82, 2.24) is 14.9 Å². The number of hydrogen-bond donors (Lipinski definition) is 1. The van der Waals surface area contributed by atoms with E-state index in [4.69, 9.17) is 5.73 Å². The van der Waals surface area contributed by atoms with Gasteiger partial charge in [-0.15, -0.1) is 0 Å². The summed E-state index contributed by atoms with van der Waals surface area (Å²) >= 11 is 3.32. The summed E-state index contributed by atoms with van der Waals surface area (Å²) in [5.41, 5.74) is 6.60. The van der Waals surface area contributed by atoms with E-state index in [-0.39, 0.29) is 11.6 Å². The summed E-state index contributed by atoms with van der Waals surface area (Å²) < 4.78 is 0.715. The number of halogens is 1. The summed E-state index contributed by atoms with van der Waals surface area (Å²) in [6.07, 6.45) is 2.66. The molecule has 0 aromatic carbocycles. The Bertz CT molecular complexity index is 752. The molecular formula is C17H20BrN5O. The number of carbonyl (C=O) groups excluding carboxylic acids is 1. The molecule has 2 aromatic rings. The summed E-state index contributed by atoms with van der Waals surface area (Å²) in [7, 11) is 2.12. The molecule has 3 rings (SSSR count).